The minimum Gasteiger partial charge on any atom is -0.460 e. The Hall–Kier alpha value is -0.880. The summed E-state index contributed by atoms with van der Waals surface area (Å²) in [4.78, 5) is 4.92. The summed E-state index contributed by atoms with van der Waals surface area (Å²) < 4.78 is 6.26. The van der Waals surface area contributed by atoms with Crippen LogP contribution in [0.4, 0.5) is 5.69 Å². The fourth-order valence-corrected chi connectivity index (χ4v) is 4.74. The molecule has 0 saturated carbocycles. The van der Waals surface area contributed by atoms with Crippen molar-refractivity contribution >= 4 is 19.7 Å². The number of aliphatic imine (C=N–C) groups is 1. The first-order valence-electron chi connectivity index (χ1n) is 8.79. The lowest BCUT2D eigenvalue weighted by Gasteiger charge is -2.25. The molecule has 0 N–H and O–H groups in total. The molecule has 0 amide bonds. The van der Waals surface area contributed by atoms with Gasteiger partial charge in [-0.1, -0.05) is 73.6 Å². The summed E-state index contributed by atoms with van der Waals surface area (Å²) in [5.74, 6) is 1.71. The van der Waals surface area contributed by atoms with Crippen molar-refractivity contribution < 1.29 is 4.52 Å². The molecule has 0 aliphatic carbocycles. The van der Waals surface area contributed by atoms with Crippen LogP contribution in [0.15, 0.2) is 23.2 Å². The maximum absolute atomic E-state index is 6.26. The first kappa shape index (κ1) is 20.2. The van der Waals surface area contributed by atoms with E-state index in [1.807, 2.05) is 6.92 Å². The van der Waals surface area contributed by atoms with Gasteiger partial charge in [-0.05, 0) is 23.0 Å². The van der Waals surface area contributed by atoms with Crippen molar-refractivity contribution in [2.75, 3.05) is 0 Å². The molecule has 0 spiro atoms. The van der Waals surface area contributed by atoms with Crippen LogP contribution in [0.1, 0.15) is 85.3 Å². The van der Waals surface area contributed by atoms with Gasteiger partial charge in [0.25, 0.3) is 0 Å². The predicted molar refractivity (Wildman–Crippen MR) is 106 cm³/mol. The minimum atomic E-state index is -0.495. The van der Waals surface area contributed by atoms with Gasteiger partial charge in [-0.3, -0.25) is 0 Å². The zero-order valence-electron chi connectivity index (χ0n) is 16.3. The smallest absolute Gasteiger partial charge is 0.188 e. The average molecular weight is 335 g/mol. The molecule has 1 aromatic rings. The Morgan fingerprint density at radius 2 is 1.30 bits per heavy atom. The van der Waals surface area contributed by atoms with E-state index in [4.69, 9.17) is 9.52 Å². The highest BCUT2D eigenvalue weighted by Crippen LogP contribution is 2.47. The molecule has 0 heterocycles. The van der Waals surface area contributed by atoms with E-state index in [1.165, 1.54) is 11.1 Å². The summed E-state index contributed by atoms with van der Waals surface area (Å²) >= 11 is 0. The molecule has 0 bridgehead atoms. The standard InChI is InChI=1S/C20H34NOP/c1-13(2)18-11-10-12-19(14(3)4)20(18)21-17(9)22-23(15(5)6)16(7)8/h10-16H,1-9H3. The summed E-state index contributed by atoms with van der Waals surface area (Å²) in [6.07, 6.45) is 0. The van der Waals surface area contributed by atoms with Gasteiger partial charge in [0.05, 0.1) is 13.8 Å². The van der Waals surface area contributed by atoms with Crippen LogP contribution >= 0.6 is 8.15 Å². The lowest BCUT2D eigenvalue weighted by atomic mass is 9.93. The minimum absolute atomic E-state index is 0.456. The molecule has 1 aromatic carbocycles. The van der Waals surface area contributed by atoms with E-state index in [1.54, 1.807) is 0 Å². The summed E-state index contributed by atoms with van der Waals surface area (Å²) in [7, 11) is -0.495. The normalized spacial score (nSPS) is 13.0. The van der Waals surface area contributed by atoms with E-state index in [-0.39, 0.29) is 0 Å². The van der Waals surface area contributed by atoms with Crippen molar-refractivity contribution in [1.29, 1.82) is 0 Å². The lowest BCUT2D eigenvalue weighted by Crippen LogP contribution is -2.09. The van der Waals surface area contributed by atoms with E-state index in [9.17, 15) is 0 Å². The number of hydrogen-bond acceptors (Lipinski definition) is 2. The van der Waals surface area contributed by atoms with Crippen LogP contribution in [0.2, 0.25) is 0 Å². The van der Waals surface area contributed by atoms with Crippen LogP contribution in [0, 0.1) is 0 Å². The fourth-order valence-electron chi connectivity index (χ4n) is 2.78. The van der Waals surface area contributed by atoms with Crippen molar-refractivity contribution in [1.82, 2.24) is 0 Å². The maximum Gasteiger partial charge on any atom is 0.188 e. The third-order valence-electron chi connectivity index (χ3n) is 3.87. The molecule has 2 nitrogen and oxygen atoms in total. The first-order chi connectivity index (χ1) is 10.6. The summed E-state index contributed by atoms with van der Waals surface area (Å²) in [6.45, 7) is 19.9. The van der Waals surface area contributed by atoms with Crippen LogP contribution in [0.3, 0.4) is 0 Å². The first-order valence-corrected chi connectivity index (χ1v) is 10.2. The van der Waals surface area contributed by atoms with Crippen molar-refractivity contribution in [2.45, 2.75) is 85.5 Å². The highest BCUT2D eigenvalue weighted by Gasteiger charge is 2.21. The Kier molecular flexibility index (Phi) is 7.74. The maximum atomic E-state index is 6.26. The molecule has 0 saturated heterocycles. The molecule has 0 fully saturated rings. The van der Waals surface area contributed by atoms with Gasteiger partial charge < -0.3 is 4.52 Å². The van der Waals surface area contributed by atoms with Gasteiger partial charge in [0.1, 0.15) is 0 Å². The quantitative estimate of drug-likeness (QED) is 0.305. The molecule has 1 rings (SSSR count). The lowest BCUT2D eigenvalue weighted by molar-refractivity contribution is 0.584. The number of nitrogens with zero attached hydrogens (tertiary/aromatic N) is 1. The average Bonchev–Trinajstić information content (AvgIpc) is 2.43. The van der Waals surface area contributed by atoms with Crippen molar-refractivity contribution in [3.8, 4) is 0 Å². The van der Waals surface area contributed by atoms with E-state index in [0.717, 1.165) is 11.6 Å². The monoisotopic (exact) mass is 335 g/mol. The van der Waals surface area contributed by atoms with Crippen LogP contribution in [-0.4, -0.2) is 17.2 Å². The summed E-state index contributed by atoms with van der Waals surface area (Å²) in [6, 6.07) is 6.53. The van der Waals surface area contributed by atoms with Crippen LogP contribution in [-0.2, 0) is 4.52 Å². The summed E-state index contributed by atoms with van der Waals surface area (Å²) in [5.41, 5.74) is 4.80. The van der Waals surface area contributed by atoms with E-state index in [2.05, 4.69) is 73.6 Å². The topological polar surface area (TPSA) is 21.6 Å². The van der Waals surface area contributed by atoms with Crippen molar-refractivity contribution in [3.63, 3.8) is 0 Å². The van der Waals surface area contributed by atoms with Crippen LogP contribution in [0.25, 0.3) is 0 Å². The van der Waals surface area contributed by atoms with Gasteiger partial charge in [-0.2, -0.15) is 0 Å². The molecule has 0 aliphatic heterocycles. The Morgan fingerprint density at radius 3 is 1.65 bits per heavy atom. The van der Waals surface area contributed by atoms with Crippen LogP contribution in [0.5, 0.6) is 0 Å². The molecular formula is C20H34NOP. The van der Waals surface area contributed by atoms with Gasteiger partial charge in [0.2, 0.25) is 0 Å². The molecule has 0 radical (unpaired) electrons. The molecule has 3 heteroatoms. The highest BCUT2D eigenvalue weighted by molar-refractivity contribution is 7.54. The molecule has 0 atom stereocenters. The third kappa shape index (κ3) is 5.60. The SMILES string of the molecule is CC(=Nc1c(C(C)C)cccc1C(C)C)OP(C(C)C)C(C)C. The second-order valence-electron chi connectivity index (χ2n) is 7.36. The van der Waals surface area contributed by atoms with E-state index < -0.39 is 8.15 Å². The molecular weight excluding hydrogens is 301 g/mol. The zero-order chi connectivity index (χ0) is 17.7. The Bertz CT molecular complexity index is 498. The number of hydrogen-bond donors (Lipinski definition) is 0. The van der Waals surface area contributed by atoms with Gasteiger partial charge in [0, 0.05) is 18.2 Å². The molecule has 23 heavy (non-hydrogen) atoms. The third-order valence-corrected chi connectivity index (χ3v) is 6.38. The largest absolute Gasteiger partial charge is 0.460 e. The Balaban J connectivity index is 3.23. The number of rotatable bonds is 6. The number of benzene rings is 1. The van der Waals surface area contributed by atoms with Crippen LogP contribution < -0.4 is 0 Å². The molecule has 0 unspecified atom stereocenters. The Morgan fingerprint density at radius 1 is 0.870 bits per heavy atom. The molecule has 130 valence electrons. The van der Waals surface area contributed by atoms with Gasteiger partial charge in [-0.25, -0.2) is 4.99 Å². The molecule has 0 aromatic heterocycles. The summed E-state index contributed by atoms with van der Waals surface area (Å²) in [5, 5.41) is 0. The fraction of sp³-hybridized carbons (Fsp3) is 0.650. The van der Waals surface area contributed by atoms with E-state index in [0.29, 0.717) is 23.2 Å². The van der Waals surface area contributed by atoms with Gasteiger partial charge in [-0.15, -0.1) is 0 Å². The van der Waals surface area contributed by atoms with Crippen molar-refractivity contribution in [3.05, 3.63) is 29.3 Å². The van der Waals surface area contributed by atoms with Crippen molar-refractivity contribution in [2.24, 2.45) is 4.99 Å². The Labute approximate surface area is 144 Å². The highest BCUT2D eigenvalue weighted by atomic mass is 31.1. The second-order valence-corrected chi connectivity index (χ2v) is 10.3. The predicted octanol–water partition coefficient (Wildman–Crippen LogP) is 7.21. The second kappa shape index (κ2) is 8.83. The van der Waals surface area contributed by atoms with Gasteiger partial charge >= 0.3 is 0 Å². The number of para-hydroxylation sites is 1. The van der Waals surface area contributed by atoms with E-state index >= 15 is 0 Å². The molecule has 0 aliphatic rings. The van der Waals surface area contributed by atoms with Gasteiger partial charge in [0.15, 0.2) is 5.90 Å². The zero-order valence-corrected chi connectivity index (χ0v) is 17.2.